The number of rotatable bonds is 5. The van der Waals surface area contributed by atoms with Crippen molar-refractivity contribution in [2.45, 2.75) is 12.2 Å². The van der Waals surface area contributed by atoms with Gasteiger partial charge in [-0.25, -0.2) is 0 Å². The van der Waals surface area contributed by atoms with Gasteiger partial charge >= 0.3 is 0 Å². The number of hydrogen-bond acceptors (Lipinski definition) is 5. The summed E-state index contributed by atoms with van der Waals surface area (Å²) in [5, 5.41) is 18.5. The molecule has 1 fully saturated rings. The smallest absolute Gasteiger partial charge is 0.232 e. The Kier molecular flexibility index (Phi) is 5.38. The Morgan fingerprint density at radius 2 is 2.07 bits per heavy atom. The fourth-order valence-corrected chi connectivity index (χ4v) is 2.15. The van der Waals surface area contributed by atoms with E-state index >= 15 is 0 Å². The van der Waals surface area contributed by atoms with Crippen molar-refractivity contribution in [3.8, 4) is 0 Å². The highest BCUT2D eigenvalue weighted by atomic mass is 32.2. The summed E-state index contributed by atoms with van der Waals surface area (Å²) in [6.45, 7) is 1.11. The van der Waals surface area contributed by atoms with Crippen LogP contribution in [0.1, 0.15) is 0 Å². The summed E-state index contributed by atoms with van der Waals surface area (Å²) >= 11 is 1.50. The summed E-state index contributed by atoms with van der Waals surface area (Å²) < 4.78 is 4.86. The molecule has 2 atom stereocenters. The van der Waals surface area contributed by atoms with Crippen LogP contribution in [0.5, 0.6) is 0 Å². The maximum atomic E-state index is 11.5. The minimum atomic E-state index is -0.794. The van der Waals surface area contributed by atoms with Gasteiger partial charge < -0.3 is 19.8 Å². The summed E-state index contributed by atoms with van der Waals surface area (Å²) in [5.74, 6) is 1.12. The molecule has 6 heteroatoms. The second-order valence-corrected chi connectivity index (χ2v) is 4.58. The minimum Gasteiger partial charge on any atom is -0.388 e. The van der Waals surface area contributed by atoms with Gasteiger partial charge in [-0.1, -0.05) is 0 Å². The van der Waals surface area contributed by atoms with Crippen molar-refractivity contribution >= 4 is 17.7 Å². The van der Waals surface area contributed by atoms with Gasteiger partial charge in [0.05, 0.1) is 24.6 Å². The number of thioether (sulfide) groups is 1. The van der Waals surface area contributed by atoms with Crippen molar-refractivity contribution in [1.82, 2.24) is 4.90 Å². The Bertz CT molecular complexity index is 204. The van der Waals surface area contributed by atoms with E-state index in [1.165, 1.54) is 16.7 Å². The van der Waals surface area contributed by atoms with Crippen LogP contribution in [-0.2, 0) is 9.53 Å². The second-order valence-electron chi connectivity index (χ2n) is 3.48. The van der Waals surface area contributed by atoms with Crippen LogP contribution in [0, 0.1) is 0 Å². The first-order valence-corrected chi connectivity index (χ1v) is 6.01. The molecule has 0 aliphatic carbocycles. The topological polar surface area (TPSA) is 70.0 Å². The molecule has 1 aliphatic rings. The largest absolute Gasteiger partial charge is 0.388 e. The van der Waals surface area contributed by atoms with Crippen molar-refractivity contribution < 1.29 is 19.7 Å². The van der Waals surface area contributed by atoms with Crippen molar-refractivity contribution in [1.29, 1.82) is 0 Å². The van der Waals surface area contributed by atoms with Crippen LogP contribution >= 0.6 is 11.8 Å². The zero-order chi connectivity index (χ0) is 11.3. The van der Waals surface area contributed by atoms with Gasteiger partial charge in [0.1, 0.15) is 0 Å². The lowest BCUT2D eigenvalue weighted by Crippen LogP contribution is -2.31. The van der Waals surface area contributed by atoms with Crippen LogP contribution in [0.2, 0.25) is 0 Å². The number of hydrogen-bond donors (Lipinski definition) is 2. The van der Waals surface area contributed by atoms with Crippen LogP contribution in [0.4, 0.5) is 0 Å². The molecule has 5 nitrogen and oxygen atoms in total. The first-order valence-electron chi connectivity index (χ1n) is 4.85. The molecule has 1 rings (SSSR count). The van der Waals surface area contributed by atoms with E-state index in [0.717, 1.165) is 5.75 Å². The highest BCUT2D eigenvalue weighted by molar-refractivity contribution is 7.99. The molecule has 15 heavy (non-hydrogen) atoms. The first-order chi connectivity index (χ1) is 7.15. The normalized spacial score (nSPS) is 25.9. The van der Waals surface area contributed by atoms with E-state index in [9.17, 15) is 15.0 Å². The molecular formula is C9H17NO4S. The van der Waals surface area contributed by atoms with Crippen LogP contribution < -0.4 is 0 Å². The summed E-state index contributed by atoms with van der Waals surface area (Å²) in [6, 6.07) is 0. The van der Waals surface area contributed by atoms with Gasteiger partial charge in [-0.2, -0.15) is 0 Å². The average molecular weight is 235 g/mol. The molecule has 88 valence electrons. The Balaban J connectivity index is 2.18. The minimum absolute atomic E-state index is 0.0355. The summed E-state index contributed by atoms with van der Waals surface area (Å²) in [7, 11) is 1.62. The Labute approximate surface area is 93.4 Å². The van der Waals surface area contributed by atoms with E-state index in [1.807, 2.05) is 0 Å². The molecule has 0 aromatic carbocycles. The van der Waals surface area contributed by atoms with Gasteiger partial charge in [-0.05, 0) is 0 Å². The molecule has 1 heterocycles. The lowest BCUT2D eigenvalue weighted by Gasteiger charge is -2.14. The van der Waals surface area contributed by atoms with Crippen molar-refractivity contribution in [3.05, 3.63) is 0 Å². The number of β-amino-alcohol motifs (C(OH)–C–C–N with tert-alkyl or cyclic N) is 2. The first kappa shape index (κ1) is 12.8. The van der Waals surface area contributed by atoms with Gasteiger partial charge in [-0.3, -0.25) is 4.79 Å². The third-order valence-electron chi connectivity index (χ3n) is 2.27. The van der Waals surface area contributed by atoms with Crippen molar-refractivity contribution in [2.75, 3.05) is 38.3 Å². The molecule has 0 radical (unpaired) electrons. The van der Waals surface area contributed by atoms with Crippen LogP contribution in [-0.4, -0.2) is 71.5 Å². The molecule has 1 saturated heterocycles. The number of amides is 1. The van der Waals surface area contributed by atoms with Crippen LogP contribution in [0.3, 0.4) is 0 Å². The molecule has 2 N–H and O–H groups in total. The number of ether oxygens (including phenoxy) is 1. The van der Waals surface area contributed by atoms with E-state index in [4.69, 9.17) is 4.74 Å². The van der Waals surface area contributed by atoms with E-state index < -0.39 is 12.2 Å². The fourth-order valence-electron chi connectivity index (χ4n) is 1.37. The maximum Gasteiger partial charge on any atom is 0.232 e. The Hall–Kier alpha value is -0.300. The standard InChI is InChI=1S/C9H17NO4S/c1-14-2-3-15-6-9(13)10-4-7(11)8(12)5-10/h7-8,11-12H,2-6H2,1H3. The van der Waals surface area contributed by atoms with Crippen molar-refractivity contribution in [2.24, 2.45) is 0 Å². The summed E-state index contributed by atoms with van der Waals surface area (Å²) in [6.07, 6.45) is -1.59. The number of aliphatic hydroxyl groups excluding tert-OH is 2. The Morgan fingerprint density at radius 1 is 1.47 bits per heavy atom. The third-order valence-corrected chi connectivity index (χ3v) is 3.18. The third kappa shape index (κ3) is 3.98. The SMILES string of the molecule is COCCSCC(=O)N1CC(O)C(O)C1. The quantitative estimate of drug-likeness (QED) is 0.594. The number of aliphatic hydroxyl groups is 2. The van der Waals surface area contributed by atoms with E-state index in [-0.39, 0.29) is 19.0 Å². The highest BCUT2D eigenvalue weighted by Gasteiger charge is 2.31. The van der Waals surface area contributed by atoms with Crippen LogP contribution in [0.25, 0.3) is 0 Å². The van der Waals surface area contributed by atoms with Crippen LogP contribution in [0.15, 0.2) is 0 Å². The molecular weight excluding hydrogens is 218 g/mol. The van der Waals surface area contributed by atoms with E-state index in [2.05, 4.69) is 0 Å². The van der Waals surface area contributed by atoms with Gasteiger partial charge in [-0.15, -0.1) is 11.8 Å². The number of carbonyl (C=O) groups is 1. The zero-order valence-corrected chi connectivity index (χ0v) is 9.57. The number of carbonyl (C=O) groups excluding carboxylic acids is 1. The molecule has 0 aromatic rings. The molecule has 1 aliphatic heterocycles. The summed E-state index contributed by atoms with van der Waals surface area (Å²) in [4.78, 5) is 13.0. The predicted octanol–water partition coefficient (Wildman–Crippen LogP) is -1.07. The molecule has 0 bridgehead atoms. The zero-order valence-electron chi connectivity index (χ0n) is 8.76. The van der Waals surface area contributed by atoms with Gasteiger partial charge in [0, 0.05) is 26.0 Å². The second kappa shape index (κ2) is 6.32. The predicted molar refractivity (Wildman–Crippen MR) is 57.8 cm³/mol. The molecule has 2 unspecified atom stereocenters. The highest BCUT2D eigenvalue weighted by Crippen LogP contribution is 2.12. The van der Waals surface area contributed by atoms with E-state index in [0.29, 0.717) is 12.4 Å². The number of nitrogens with zero attached hydrogens (tertiary/aromatic N) is 1. The molecule has 0 saturated carbocycles. The molecule has 0 spiro atoms. The van der Waals surface area contributed by atoms with Gasteiger partial charge in [0.2, 0.25) is 5.91 Å². The van der Waals surface area contributed by atoms with Gasteiger partial charge in [0.25, 0.3) is 0 Å². The van der Waals surface area contributed by atoms with Crippen molar-refractivity contribution in [3.63, 3.8) is 0 Å². The summed E-state index contributed by atoms with van der Waals surface area (Å²) in [5.41, 5.74) is 0. The molecule has 0 aromatic heterocycles. The van der Waals surface area contributed by atoms with E-state index in [1.54, 1.807) is 7.11 Å². The fraction of sp³-hybridized carbons (Fsp3) is 0.889. The number of likely N-dealkylation sites (tertiary alicyclic amines) is 1. The maximum absolute atomic E-state index is 11.5. The lowest BCUT2D eigenvalue weighted by molar-refractivity contribution is -0.127. The molecule has 1 amide bonds. The number of methoxy groups -OCH3 is 1. The average Bonchev–Trinajstić information content (AvgIpc) is 2.54. The lowest BCUT2D eigenvalue weighted by atomic mass is 10.3. The Morgan fingerprint density at radius 3 is 2.60 bits per heavy atom. The monoisotopic (exact) mass is 235 g/mol. The van der Waals surface area contributed by atoms with Gasteiger partial charge in [0.15, 0.2) is 0 Å².